The molecule has 0 spiro atoms. The fraction of sp³-hybridized carbons (Fsp3) is 0.231. The van der Waals surface area contributed by atoms with Gasteiger partial charge in [0.2, 0.25) is 0 Å². The van der Waals surface area contributed by atoms with Crippen molar-refractivity contribution in [3.05, 3.63) is 42.5 Å². The standard InChI is InChI=1S/C13H14N2O/c16-10-11-5-4-8-13(9-11)15-14-12-6-2-1-3-7-12/h1-4,6-8,10-11,14H,5,9H2. The number of hydrogen-bond acceptors (Lipinski definition) is 3. The first-order valence-electron chi connectivity index (χ1n) is 5.38. The van der Waals surface area contributed by atoms with Crippen molar-refractivity contribution >= 4 is 17.7 Å². The lowest BCUT2D eigenvalue weighted by Crippen LogP contribution is -2.13. The highest BCUT2D eigenvalue weighted by atomic mass is 16.1. The number of allylic oxidation sites excluding steroid dienone is 2. The second-order valence-corrected chi connectivity index (χ2v) is 3.82. The largest absolute Gasteiger partial charge is 0.303 e. The minimum Gasteiger partial charge on any atom is -0.303 e. The average Bonchev–Trinajstić information content (AvgIpc) is 2.38. The smallest absolute Gasteiger partial charge is 0.123 e. The van der Waals surface area contributed by atoms with Crippen molar-refractivity contribution in [2.24, 2.45) is 11.0 Å². The molecule has 82 valence electrons. The van der Waals surface area contributed by atoms with Gasteiger partial charge in [0.1, 0.15) is 6.29 Å². The Morgan fingerprint density at radius 2 is 2.12 bits per heavy atom. The molecule has 2 rings (SSSR count). The molecule has 0 heterocycles. The minimum atomic E-state index is 0.0846. The van der Waals surface area contributed by atoms with Crippen molar-refractivity contribution in [2.75, 3.05) is 5.43 Å². The first-order valence-corrected chi connectivity index (χ1v) is 5.38. The predicted molar refractivity (Wildman–Crippen MR) is 65.4 cm³/mol. The lowest BCUT2D eigenvalue weighted by Gasteiger charge is -2.12. The Morgan fingerprint density at radius 3 is 2.88 bits per heavy atom. The summed E-state index contributed by atoms with van der Waals surface area (Å²) < 4.78 is 0. The highest BCUT2D eigenvalue weighted by molar-refractivity contribution is 5.97. The SMILES string of the molecule is O=CC1CC=CC(=NNc2ccccc2)C1. The molecule has 0 aromatic heterocycles. The predicted octanol–water partition coefficient (Wildman–Crippen LogP) is 2.62. The van der Waals surface area contributed by atoms with Gasteiger partial charge in [-0.2, -0.15) is 5.10 Å². The molecule has 0 fully saturated rings. The van der Waals surface area contributed by atoms with Crippen LogP contribution in [-0.4, -0.2) is 12.0 Å². The van der Waals surface area contributed by atoms with Crippen LogP contribution in [0.5, 0.6) is 0 Å². The Kier molecular flexibility index (Phi) is 3.49. The van der Waals surface area contributed by atoms with Gasteiger partial charge < -0.3 is 4.79 Å². The molecule has 1 aliphatic rings. The van der Waals surface area contributed by atoms with E-state index in [1.54, 1.807) is 0 Å². The van der Waals surface area contributed by atoms with Gasteiger partial charge >= 0.3 is 0 Å². The van der Waals surface area contributed by atoms with Gasteiger partial charge in [-0.15, -0.1) is 0 Å². The molecule has 0 amide bonds. The van der Waals surface area contributed by atoms with Gasteiger partial charge in [-0.25, -0.2) is 0 Å². The van der Waals surface area contributed by atoms with Gasteiger partial charge in [0, 0.05) is 12.3 Å². The van der Waals surface area contributed by atoms with Crippen LogP contribution in [0, 0.1) is 5.92 Å². The number of para-hydroxylation sites is 1. The van der Waals surface area contributed by atoms with E-state index in [0.717, 1.165) is 30.5 Å². The van der Waals surface area contributed by atoms with Crippen molar-refractivity contribution < 1.29 is 4.79 Å². The molecule has 0 aliphatic heterocycles. The molecule has 0 bridgehead atoms. The van der Waals surface area contributed by atoms with E-state index >= 15 is 0 Å². The summed E-state index contributed by atoms with van der Waals surface area (Å²) in [6, 6.07) is 9.77. The topological polar surface area (TPSA) is 41.5 Å². The Hall–Kier alpha value is -1.90. The van der Waals surface area contributed by atoms with Gasteiger partial charge in [0.05, 0.1) is 11.4 Å². The number of nitrogens with zero attached hydrogens (tertiary/aromatic N) is 1. The maximum atomic E-state index is 10.7. The number of hydrogen-bond donors (Lipinski definition) is 1. The van der Waals surface area contributed by atoms with Crippen molar-refractivity contribution in [1.29, 1.82) is 0 Å². The maximum Gasteiger partial charge on any atom is 0.123 e. The molecule has 0 radical (unpaired) electrons. The van der Waals surface area contributed by atoms with E-state index in [0.29, 0.717) is 0 Å². The number of benzene rings is 1. The van der Waals surface area contributed by atoms with Crippen LogP contribution in [0.4, 0.5) is 5.69 Å². The first kappa shape index (κ1) is 10.6. The van der Waals surface area contributed by atoms with E-state index in [2.05, 4.69) is 10.5 Å². The van der Waals surface area contributed by atoms with Crippen molar-refractivity contribution in [2.45, 2.75) is 12.8 Å². The first-order chi connectivity index (χ1) is 7.88. The van der Waals surface area contributed by atoms with Gasteiger partial charge in [0.15, 0.2) is 0 Å². The van der Waals surface area contributed by atoms with Crippen molar-refractivity contribution in [3.8, 4) is 0 Å². The molecule has 3 heteroatoms. The summed E-state index contributed by atoms with van der Waals surface area (Å²) in [5.74, 6) is 0.0846. The quantitative estimate of drug-likeness (QED) is 0.620. The third-order valence-corrected chi connectivity index (χ3v) is 2.52. The minimum absolute atomic E-state index is 0.0846. The fourth-order valence-electron chi connectivity index (χ4n) is 1.63. The summed E-state index contributed by atoms with van der Waals surface area (Å²) in [5.41, 5.74) is 4.86. The molecule has 1 aromatic rings. The zero-order valence-electron chi connectivity index (χ0n) is 8.97. The van der Waals surface area contributed by atoms with Gasteiger partial charge in [-0.3, -0.25) is 5.43 Å². The summed E-state index contributed by atoms with van der Waals surface area (Å²) in [7, 11) is 0. The number of carbonyl (C=O) groups is 1. The number of hydrazone groups is 1. The van der Waals surface area contributed by atoms with Crippen LogP contribution in [0.25, 0.3) is 0 Å². The summed E-state index contributed by atoms with van der Waals surface area (Å²) in [6.07, 6.45) is 6.51. The number of anilines is 1. The molecule has 0 saturated heterocycles. The summed E-state index contributed by atoms with van der Waals surface area (Å²) in [6.45, 7) is 0. The number of aldehydes is 1. The van der Waals surface area contributed by atoms with Crippen LogP contribution in [0.2, 0.25) is 0 Å². The molecule has 1 unspecified atom stereocenters. The molecule has 1 aliphatic carbocycles. The molecule has 16 heavy (non-hydrogen) atoms. The Labute approximate surface area is 94.9 Å². The third kappa shape index (κ3) is 2.79. The van der Waals surface area contributed by atoms with E-state index in [4.69, 9.17) is 0 Å². The van der Waals surface area contributed by atoms with Crippen molar-refractivity contribution in [3.63, 3.8) is 0 Å². The average molecular weight is 214 g/mol. The van der Waals surface area contributed by atoms with E-state index < -0.39 is 0 Å². The normalized spacial score (nSPS) is 22.0. The zero-order valence-corrected chi connectivity index (χ0v) is 8.97. The zero-order chi connectivity index (χ0) is 11.2. The van der Waals surface area contributed by atoms with E-state index in [1.807, 2.05) is 42.5 Å². The number of nitrogens with one attached hydrogen (secondary N) is 1. The molecule has 1 aromatic carbocycles. The third-order valence-electron chi connectivity index (χ3n) is 2.52. The molecule has 0 saturated carbocycles. The summed E-state index contributed by atoms with van der Waals surface area (Å²) in [4.78, 5) is 10.7. The lowest BCUT2D eigenvalue weighted by atomic mass is 9.95. The summed E-state index contributed by atoms with van der Waals surface area (Å²) in [5, 5.41) is 4.27. The van der Waals surface area contributed by atoms with Crippen LogP contribution in [0.3, 0.4) is 0 Å². The molecule has 1 atom stereocenters. The van der Waals surface area contributed by atoms with Gasteiger partial charge in [-0.05, 0) is 24.6 Å². The van der Waals surface area contributed by atoms with E-state index in [-0.39, 0.29) is 5.92 Å². The Balaban J connectivity index is 2.00. The van der Waals surface area contributed by atoms with Crippen LogP contribution >= 0.6 is 0 Å². The van der Waals surface area contributed by atoms with Crippen LogP contribution in [0.1, 0.15) is 12.8 Å². The Bertz CT molecular complexity index is 409. The molecular formula is C13H14N2O. The second-order valence-electron chi connectivity index (χ2n) is 3.82. The Morgan fingerprint density at radius 1 is 1.31 bits per heavy atom. The van der Waals surface area contributed by atoms with Crippen LogP contribution < -0.4 is 5.43 Å². The molecule has 1 N–H and O–H groups in total. The highest BCUT2D eigenvalue weighted by Gasteiger charge is 2.12. The van der Waals surface area contributed by atoms with Crippen LogP contribution in [0.15, 0.2) is 47.6 Å². The molecule has 3 nitrogen and oxygen atoms in total. The van der Waals surface area contributed by atoms with Gasteiger partial charge in [-0.1, -0.05) is 24.3 Å². The molecular weight excluding hydrogens is 200 g/mol. The maximum absolute atomic E-state index is 10.7. The second kappa shape index (κ2) is 5.26. The monoisotopic (exact) mass is 214 g/mol. The van der Waals surface area contributed by atoms with Crippen molar-refractivity contribution in [1.82, 2.24) is 0 Å². The highest BCUT2D eigenvalue weighted by Crippen LogP contribution is 2.14. The van der Waals surface area contributed by atoms with E-state index in [1.165, 1.54) is 0 Å². The van der Waals surface area contributed by atoms with Gasteiger partial charge in [0.25, 0.3) is 0 Å². The van der Waals surface area contributed by atoms with Crippen LogP contribution in [-0.2, 0) is 4.79 Å². The fourth-order valence-corrected chi connectivity index (χ4v) is 1.63. The number of carbonyl (C=O) groups excluding carboxylic acids is 1. The lowest BCUT2D eigenvalue weighted by molar-refractivity contribution is -0.110. The van der Waals surface area contributed by atoms with E-state index in [9.17, 15) is 4.79 Å². The number of rotatable bonds is 3. The summed E-state index contributed by atoms with van der Waals surface area (Å²) >= 11 is 0.